The Morgan fingerprint density at radius 1 is 0.642 bits per heavy atom. The average molecular weight is 1350 g/mol. The number of carbonyl (C=O) groups excluding carboxylic acids is 17. The number of imide groups is 4. The SMILES string of the molecule is CC1CC(=O)N(OC(=O)c2cc3c(c([N+](=O)[O-])c2)N(C(=O)CCC(=O)ON2C(=O)CCC2=O)CC3)C1=O.O=C1CC(S(=O)(=O)[O-])C(=O)N1O.O=C1CCC(=O)N1O.O=C1CCC(=O)O1.O=COCCC(=O)N1CCc2cc(OC=O)ccc21.O=COc1ccc2[nH]ccc2c1. The van der Waals surface area contributed by atoms with E-state index < -0.39 is 128 Å². The topological polar surface area (TPSA) is 522 Å². The minimum Gasteiger partial charge on any atom is -0.747 e. The van der Waals surface area contributed by atoms with Crippen LogP contribution in [-0.2, 0) is 119 Å². The summed E-state index contributed by atoms with van der Waals surface area (Å²) in [5.74, 6) is -9.55. The molecular weight excluding hydrogens is 1300 g/mol. The number of nitrogens with zero attached hydrogens (tertiary/aromatic N) is 7. The Kier molecular flexibility index (Phi) is 24.9. The Labute approximate surface area is 532 Å². The number of ether oxygens (including phenoxy) is 4. The number of nitro groups is 1. The van der Waals surface area contributed by atoms with E-state index in [1.807, 2.05) is 18.3 Å². The summed E-state index contributed by atoms with van der Waals surface area (Å²) in [5.41, 5.74) is 2.15. The number of cyclic esters (lactones) is 2. The van der Waals surface area contributed by atoms with E-state index in [0.29, 0.717) is 54.0 Å². The van der Waals surface area contributed by atoms with Gasteiger partial charge in [-0.3, -0.25) is 92.4 Å². The van der Waals surface area contributed by atoms with E-state index in [1.165, 1.54) is 13.0 Å². The first kappa shape index (κ1) is 72.5. The number of H-pyrrole nitrogens is 1. The average Bonchev–Trinajstić information content (AvgIpc) is 1.71. The molecule has 504 valence electrons. The van der Waals surface area contributed by atoms with E-state index in [4.69, 9.17) is 24.8 Å². The fourth-order valence-corrected chi connectivity index (χ4v) is 9.93. The molecule has 2 atom stereocenters. The van der Waals surface area contributed by atoms with Gasteiger partial charge in [0.25, 0.3) is 72.4 Å². The van der Waals surface area contributed by atoms with Crippen LogP contribution in [0.3, 0.4) is 0 Å². The van der Waals surface area contributed by atoms with Gasteiger partial charge in [-0.2, -0.15) is 10.1 Å². The van der Waals surface area contributed by atoms with Crippen LogP contribution in [0.5, 0.6) is 11.5 Å². The van der Waals surface area contributed by atoms with Crippen LogP contribution in [0.4, 0.5) is 17.1 Å². The zero-order valence-corrected chi connectivity index (χ0v) is 50.2. The summed E-state index contributed by atoms with van der Waals surface area (Å²) in [6.07, 6.45) is 1.68. The number of rotatable bonds is 16. The number of nitro benzene ring substituents is 1. The van der Waals surface area contributed by atoms with Crippen molar-refractivity contribution in [2.75, 3.05) is 29.5 Å². The molecule has 7 aliphatic rings. The van der Waals surface area contributed by atoms with E-state index in [0.717, 1.165) is 33.1 Å². The number of hydrogen-bond donors (Lipinski definition) is 3. The van der Waals surface area contributed by atoms with Gasteiger partial charge in [0.1, 0.15) is 32.6 Å². The van der Waals surface area contributed by atoms with Gasteiger partial charge in [0.2, 0.25) is 11.8 Å². The molecule has 0 bridgehead atoms. The van der Waals surface area contributed by atoms with Crippen molar-refractivity contribution >= 4 is 140 Å². The molecule has 5 fully saturated rings. The summed E-state index contributed by atoms with van der Waals surface area (Å²) in [4.78, 5) is 215. The highest BCUT2D eigenvalue weighted by Crippen LogP contribution is 2.39. The van der Waals surface area contributed by atoms with Crippen molar-refractivity contribution in [3.63, 3.8) is 0 Å². The van der Waals surface area contributed by atoms with Crippen LogP contribution in [0.1, 0.15) is 99.0 Å². The number of nitrogens with one attached hydrogen (secondary N) is 1. The Balaban J connectivity index is 0.000000204. The Hall–Kier alpha value is -11.6. The fraction of sp³-hybridized carbons (Fsp3) is 0.339. The highest BCUT2D eigenvalue weighted by atomic mass is 32.2. The van der Waals surface area contributed by atoms with Gasteiger partial charge in [-0.25, -0.2) is 18.0 Å². The molecule has 7 aliphatic heterocycles. The van der Waals surface area contributed by atoms with E-state index in [1.54, 1.807) is 35.2 Å². The van der Waals surface area contributed by atoms with Gasteiger partial charge < -0.3 is 48.0 Å². The van der Waals surface area contributed by atoms with Crippen molar-refractivity contribution < 1.29 is 138 Å². The van der Waals surface area contributed by atoms with Gasteiger partial charge in [0, 0.05) is 86.4 Å². The molecule has 10 amide bonds. The van der Waals surface area contributed by atoms with Gasteiger partial charge in [-0.1, -0.05) is 6.92 Å². The largest absolute Gasteiger partial charge is 0.747 e. The van der Waals surface area contributed by atoms with Crippen LogP contribution < -0.4 is 19.3 Å². The summed E-state index contributed by atoms with van der Waals surface area (Å²) in [7, 11) is -4.84. The molecule has 8 heterocycles. The Morgan fingerprint density at radius 2 is 1.23 bits per heavy atom. The number of aromatic amines is 1. The van der Waals surface area contributed by atoms with E-state index in [9.17, 15) is 105 Å². The quantitative estimate of drug-likeness (QED) is 0.0155. The number of fused-ring (bicyclic) bond motifs is 3. The zero-order valence-electron chi connectivity index (χ0n) is 49.3. The van der Waals surface area contributed by atoms with Gasteiger partial charge >= 0.3 is 23.9 Å². The van der Waals surface area contributed by atoms with Crippen LogP contribution >= 0.6 is 0 Å². The number of hydroxylamine groups is 8. The first-order valence-corrected chi connectivity index (χ1v) is 29.3. The third kappa shape index (κ3) is 19.0. The molecule has 4 aromatic rings. The summed E-state index contributed by atoms with van der Waals surface area (Å²) in [6, 6.07) is 14.6. The molecule has 0 aliphatic carbocycles. The molecule has 39 heteroatoms. The zero-order chi connectivity index (χ0) is 70.0. The molecule has 0 radical (unpaired) electrons. The Bertz CT molecular complexity index is 3880. The lowest BCUT2D eigenvalue weighted by molar-refractivity contribution is -0.384. The standard InChI is InChI=1S/C22H20N4O11.C13H13NO5.C9H7NO2.C4H5NO6S.C4H5NO3.C4H4O3/c1-11-8-18(30)25(21(11)32)37-22(33)13-9-12-6-7-23(20(12)14(10-13)26(34)35)15(27)4-5-19(31)36-24-16(28)2-3-17(24)29;15-8-18-6-4-13(17)14-5-3-10-7-11(19-9-16)1-2-12(10)14;11-6-12-8-1-2-9-7(5-8)3-4-10-9;6-3-1-2(12(9,10)11)4(7)5(3)8;6-3-1-2-4(7)5(3)8;5-3-1-2-4(6)7-3/h9-11H,2-8H2,1H3;1-2,7-9H,3-6H2;1-6,10H;2,8H,1H2,(H,9,10,11);8H,1-2H2;1-2H2/p-1. The van der Waals surface area contributed by atoms with Gasteiger partial charge in [0.05, 0.1) is 49.2 Å². The Morgan fingerprint density at radius 3 is 1.75 bits per heavy atom. The lowest BCUT2D eigenvalue weighted by Gasteiger charge is -2.18. The first-order valence-electron chi connectivity index (χ1n) is 27.8. The lowest BCUT2D eigenvalue weighted by Crippen LogP contribution is -2.33. The maximum absolute atomic E-state index is 12.8. The number of anilines is 2. The number of aromatic nitrogens is 1. The number of benzene rings is 3. The smallest absolute Gasteiger partial charge is 0.364 e. The van der Waals surface area contributed by atoms with E-state index >= 15 is 0 Å². The highest BCUT2D eigenvalue weighted by Gasteiger charge is 2.43. The summed E-state index contributed by atoms with van der Waals surface area (Å²) < 4.78 is 48.9. The predicted molar refractivity (Wildman–Crippen MR) is 302 cm³/mol. The maximum Gasteiger partial charge on any atom is 0.364 e. The van der Waals surface area contributed by atoms with Crippen LogP contribution in [0.2, 0.25) is 0 Å². The van der Waals surface area contributed by atoms with Crippen molar-refractivity contribution in [1.29, 1.82) is 0 Å². The monoisotopic (exact) mass is 1350 g/mol. The number of hydrogen-bond acceptors (Lipinski definition) is 30. The molecule has 3 aromatic carbocycles. The van der Waals surface area contributed by atoms with E-state index in [-0.39, 0.29) is 104 Å². The summed E-state index contributed by atoms with van der Waals surface area (Å²) in [6.45, 7) is 3.30. The molecule has 5 saturated heterocycles. The van der Waals surface area contributed by atoms with Gasteiger partial charge in [0.15, 0.2) is 0 Å². The molecule has 11 rings (SSSR count). The van der Waals surface area contributed by atoms with Crippen molar-refractivity contribution in [2.24, 2.45) is 5.92 Å². The second-order valence-electron chi connectivity index (χ2n) is 20.2. The normalized spacial score (nSPS) is 17.6. The number of carbonyl (C=O) groups is 17. The molecule has 0 spiro atoms. The lowest BCUT2D eigenvalue weighted by atomic mass is 10.1. The second kappa shape index (κ2) is 32.6. The molecule has 3 N–H and O–H groups in total. The summed E-state index contributed by atoms with van der Waals surface area (Å²) >= 11 is 0. The molecule has 38 nitrogen and oxygen atoms in total. The molecule has 0 saturated carbocycles. The first-order chi connectivity index (χ1) is 45.0. The molecule has 2 unspecified atom stereocenters. The third-order valence-corrected chi connectivity index (χ3v) is 14.9. The number of amides is 10. The van der Waals surface area contributed by atoms with Crippen LogP contribution in [-0.4, -0.2) is 181 Å². The maximum atomic E-state index is 12.8. The second-order valence-corrected chi connectivity index (χ2v) is 21.8. The van der Waals surface area contributed by atoms with E-state index in [2.05, 4.69) is 19.2 Å². The van der Waals surface area contributed by atoms with Crippen molar-refractivity contribution in [1.82, 2.24) is 25.2 Å². The fourth-order valence-electron chi connectivity index (χ4n) is 9.24. The van der Waals surface area contributed by atoms with Gasteiger partial charge in [-0.15, -0.1) is 10.1 Å². The predicted octanol–water partition coefficient (Wildman–Crippen LogP) is 0.138. The summed E-state index contributed by atoms with van der Waals surface area (Å²) in [5, 5.41) is 28.3. The van der Waals surface area contributed by atoms with Crippen molar-refractivity contribution in [2.45, 2.75) is 95.6 Å². The minimum absolute atomic E-state index is 0.0201. The molecular formula is C56H53N8O30S-. The van der Waals surface area contributed by atoms with Crippen LogP contribution in [0.25, 0.3) is 10.9 Å². The minimum atomic E-state index is -4.84. The van der Waals surface area contributed by atoms with Gasteiger partial charge in [-0.05, 0) is 72.5 Å². The molecule has 1 aromatic heterocycles. The molecule has 95 heavy (non-hydrogen) atoms. The highest BCUT2D eigenvalue weighted by molar-refractivity contribution is 7.87. The van der Waals surface area contributed by atoms with Crippen molar-refractivity contribution in [3.05, 3.63) is 87.6 Å². The van der Waals surface area contributed by atoms with Crippen molar-refractivity contribution in [3.8, 4) is 11.5 Å². The van der Waals surface area contributed by atoms with Crippen LogP contribution in [0, 0.1) is 16.0 Å². The third-order valence-electron chi connectivity index (χ3n) is 13.9. The van der Waals surface area contributed by atoms with Crippen LogP contribution in [0.15, 0.2) is 60.8 Å². The number of esters is 2.